The molecule has 3 heterocycles. The summed E-state index contributed by atoms with van der Waals surface area (Å²) in [4.78, 5) is 34.0. The number of amides is 2. The normalized spacial score (nSPS) is 19.9. The van der Waals surface area contributed by atoms with Gasteiger partial charge in [-0.2, -0.15) is 0 Å². The number of anilines is 1. The summed E-state index contributed by atoms with van der Waals surface area (Å²) in [5.74, 6) is 1.31. The van der Waals surface area contributed by atoms with Gasteiger partial charge in [-0.05, 0) is 37.1 Å². The first kappa shape index (κ1) is 19.6. The number of methoxy groups -OCH3 is 1. The SMILES string of the molecule is COc1ccccc1N1CC(C(=O)N2CCC(c3nc4ccccc4o3)CC2)CC1=O. The van der Waals surface area contributed by atoms with Gasteiger partial charge in [-0.3, -0.25) is 9.59 Å². The van der Waals surface area contributed by atoms with Crippen molar-refractivity contribution < 1.29 is 18.7 Å². The van der Waals surface area contributed by atoms with Crippen LogP contribution >= 0.6 is 0 Å². The molecule has 2 aromatic carbocycles. The number of ether oxygens (including phenoxy) is 1. The van der Waals surface area contributed by atoms with Gasteiger partial charge < -0.3 is 19.0 Å². The fraction of sp³-hybridized carbons (Fsp3) is 0.375. The molecule has 3 aromatic rings. The van der Waals surface area contributed by atoms with E-state index in [1.165, 1.54) is 0 Å². The van der Waals surface area contributed by atoms with E-state index in [0.717, 1.165) is 35.5 Å². The summed E-state index contributed by atoms with van der Waals surface area (Å²) >= 11 is 0. The number of rotatable bonds is 4. The van der Waals surface area contributed by atoms with E-state index in [-0.39, 0.29) is 30.1 Å². The van der Waals surface area contributed by atoms with Crippen LogP contribution in [0.4, 0.5) is 5.69 Å². The summed E-state index contributed by atoms with van der Waals surface area (Å²) < 4.78 is 11.3. The van der Waals surface area contributed by atoms with Crippen molar-refractivity contribution in [2.75, 3.05) is 31.6 Å². The second kappa shape index (κ2) is 8.06. The van der Waals surface area contributed by atoms with Crippen molar-refractivity contribution >= 4 is 28.6 Å². The lowest BCUT2D eigenvalue weighted by Gasteiger charge is -2.32. The van der Waals surface area contributed by atoms with Crippen LogP contribution < -0.4 is 9.64 Å². The number of oxazole rings is 1. The molecule has 0 radical (unpaired) electrons. The number of benzene rings is 2. The Kier molecular flexibility index (Phi) is 5.10. The molecule has 2 saturated heterocycles. The molecule has 2 aliphatic rings. The van der Waals surface area contributed by atoms with E-state index in [2.05, 4.69) is 4.98 Å². The Morgan fingerprint density at radius 2 is 1.84 bits per heavy atom. The third-order valence-electron chi connectivity index (χ3n) is 6.32. The molecule has 1 aromatic heterocycles. The number of piperidine rings is 1. The standard InChI is InChI=1S/C24H25N3O4/c1-30-21-9-5-3-7-19(21)27-15-17(14-22(27)28)24(29)26-12-10-16(11-13-26)23-25-18-6-2-4-8-20(18)31-23/h2-9,16-17H,10-15H2,1H3. The summed E-state index contributed by atoms with van der Waals surface area (Å²) in [5, 5.41) is 0. The molecule has 5 rings (SSSR count). The fourth-order valence-electron chi connectivity index (χ4n) is 4.63. The summed E-state index contributed by atoms with van der Waals surface area (Å²) in [6, 6.07) is 15.2. The number of para-hydroxylation sites is 4. The Labute approximate surface area is 180 Å². The lowest BCUT2D eigenvalue weighted by Crippen LogP contribution is -2.42. The average molecular weight is 419 g/mol. The van der Waals surface area contributed by atoms with Crippen molar-refractivity contribution in [2.45, 2.75) is 25.2 Å². The van der Waals surface area contributed by atoms with Gasteiger partial charge in [0.1, 0.15) is 11.3 Å². The molecule has 0 bridgehead atoms. The van der Waals surface area contributed by atoms with Crippen LogP contribution in [0.15, 0.2) is 52.9 Å². The Balaban J connectivity index is 1.23. The summed E-state index contributed by atoms with van der Waals surface area (Å²) in [6.07, 6.45) is 1.87. The van der Waals surface area contributed by atoms with Gasteiger partial charge in [-0.1, -0.05) is 24.3 Å². The van der Waals surface area contributed by atoms with Gasteiger partial charge in [0.05, 0.1) is 18.7 Å². The molecule has 7 nitrogen and oxygen atoms in total. The van der Waals surface area contributed by atoms with Crippen molar-refractivity contribution in [3.8, 4) is 5.75 Å². The van der Waals surface area contributed by atoms with Crippen LogP contribution in [0.1, 0.15) is 31.1 Å². The molecule has 31 heavy (non-hydrogen) atoms. The first-order valence-corrected chi connectivity index (χ1v) is 10.7. The van der Waals surface area contributed by atoms with Crippen LogP contribution in [0.2, 0.25) is 0 Å². The van der Waals surface area contributed by atoms with Crippen LogP contribution in [0.3, 0.4) is 0 Å². The summed E-state index contributed by atoms with van der Waals surface area (Å²) in [6.45, 7) is 1.70. The number of nitrogens with zero attached hydrogens (tertiary/aromatic N) is 3. The molecule has 0 saturated carbocycles. The molecule has 160 valence electrons. The number of hydrogen-bond acceptors (Lipinski definition) is 5. The number of carbonyl (C=O) groups is 2. The van der Waals surface area contributed by atoms with Crippen molar-refractivity contribution in [3.63, 3.8) is 0 Å². The van der Waals surface area contributed by atoms with Gasteiger partial charge in [0.25, 0.3) is 0 Å². The van der Waals surface area contributed by atoms with Crippen LogP contribution in [-0.2, 0) is 9.59 Å². The Morgan fingerprint density at radius 3 is 2.61 bits per heavy atom. The largest absolute Gasteiger partial charge is 0.495 e. The van der Waals surface area contributed by atoms with Gasteiger partial charge in [0.2, 0.25) is 11.8 Å². The Morgan fingerprint density at radius 1 is 1.10 bits per heavy atom. The predicted octanol–water partition coefficient (Wildman–Crippen LogP) is 3.60. The third-order valence-corrected chi connectivity index (χ3v) is 6.32. The first-order chi connectivity index (χ1) is 15.1. The summed E-state index contributed by atoms with van der Waals surface area (Å²) in [7, 11) is 1.59. The number of likely N-dealkylation sites (tertiary alicyclic amines) is 1. The van der Waals surface area contributed by atoms with Crippen molar-refractivity contribution in [3.05, 3.63) is 54.4 Å². The van der Waals surface area contributed by atoms with E-state index in [0.29, 0.717) is 25.4 Å². The second-order valence-electron chi connectivity index (χ2n) is 8.20. The maximum absolute atomic E-state index is 13.1. The topological polar surface area (TPSA) is 75.9 Å². The van der Waals surface area contributed by atoms with E-state index in [4.69, 9.17) is 9.15 Å². The minimum Gasteiger partial charge on any atom is -0.495 e. The van der Waals surface area contributed by atoms with E-state index in [1.807, 2.05) is 53.4 Å². The molecule has 2 fully saturated rings. The molecule has 2 amide bonds. The Hall–Kier alpha value is -3.35. The van der Waals surface area contributed by atoms with E-state index in [9.17, 15) is 9.59 Å². The highest BCUT2D eigenvalue weighted by Crippen LogP contribution is 2.35. The molecule has 0 aliphatic carbocycles. The Bertz CT molecular complexity index is 1080. The van der Waals surface area contributed by atoms with Crippen molar-refractivity contribution in [1.29, 1.82) is 0 Å². The summed E-state index contributed by atoms with van der Waals surface area (Å²) in [5.41, 5.74) is 2.40. The highest BCUT2D eigenvalue weighted by Gasteiger charge is 2.39. The van der Waals surface area contributed by atoms with Crippen molar-refractivity contribution in [2.24, 2.45) is 5.92 Å². The van der Waals surface area contributed by atoms with Gasteiger partial charge in [0.15, 0.2) is 11.5 Å². The first-order valence-electron chi connectivity index (χ1n) is 10.7. The monoisotopic (exact) mass is 419 g/mol. The molecule has 1 unspecified atom stereocenters. The maximum atomic E-state index is 13.1. The highest BCUT2D eigenvalue weighted by molar-refractivity contribution is 6.01. The van der Waals surface area contributed by atoms with Crippen LogP contribution in [0.5, 0.6) is 5.75 Å². The zero-order valence-electron chi connectivity index (χ0n) is 17.5. The zero-order valence-corrected chi connectivity index (χ0v) is 17.5. The van der Waals surface area contributed by atoms with Gasteiger partial charge >= 0.3 is 0 Å². The smallest absolute Gasteiger partial charge is 0.228 e. The lowest BCUT2D eigenvalue weighted by atomic mass is 9.95. The van der Waals surface area contributed by atoms with Crippen LogP contribution in [-0.4, -0.2) is 48.4 Å². The van der Waals surface area contributed by atoms with E-state index in [1.54, 1.807) is 12.0 Å². The van der Waals surface area contributed by atoms with Crippen LogP contribution in [0.25, 0.3) is 11.1 Å². The van der Waals surface area contributed by atoms with E-state index >= 15 is 0 Å². The molecular formula is C24H25N3O4. The van der Waals surface area contributed by atoms with Gasteiger partial charge in [-0.25, -0.2) is 4.98 Å². The van der Waals surface area contributed by atoms with E-state index < -0.39 is 0 Å². The number of fused-ring (bicyclic) bond motifs is 1. The average Bonchev–Trinajstić information content (AvgIpc) is 3.42. The van der Waals surface area contributed by atoms with Gasteiger partial charge in [-0.15, -0.1) is 0 Å². The second-order valence-corrected chi connectivity index (χ2v) is 8.20. The minimum atomic E-state index is -0.321. The zero-order chi connectivity index (χ0) is 21.4. The molecule has 0 N–H and O–H groups in total. The molecular weight excluding hydrogens is 394 g/mol. The minimum absolute atomic E-state index is 0.0378. The molecule has 7 heteroatoms. The number of hydrogen-bond donors (Lipinski definition) is 0. The quantitative estimate of drug-likeness (QED) is 0.646. The molecule has 0 spiro atoms. The highest BCUT2D eigenvalue weighted by atomic mass is 16.5. The third kappa shape index (κ3) is 3.65. The molecule has 1 atom stereocenters. The fourth-order valence-corrected chi connectivity index (χ4v) is 4.63. The number of aromatic nitrogens is 1. The maximum Gasteiger partial charge on any atom is 0.228 e. The van der Waals surface area contributed by atoms with Gasteiger partial charge in [0, 0.05) is 32.0 Å². The number of carbonyl (C=O) groups excluding carboxylic acids is 2. The van der Waals surface area contributed by atoms with Crippen LogP contribution in [0, 0.1) is 5.92 Å². The molecule has 2 aliphatic heterocycles. The predicted molar refractivity (Wildman–Crippen MR) is 116 cm³/mol. The van der Waals surface area contributed by atoms with Crippen molar-refractivity contribution in [1.82, 2.24) is 9.88 Å². The lowest BCUT2D eigenvalue weighted by molar-refractivity contribution is -0.136.